The number of benzene rings is 1. The number of hydrogen-bond acceptors (Lipinski definition) is 4. The summed E-state index contributed by atoms with van der Waals surface area (Å²) in [7, 11) is 3.51. The number of aryl methyl sites for hydroxylation is 2. The van der Waals surface area contributed by atoms with Crippen LogP contribution >= 0.6 is 15.9 Å². The van der Waals surface area contributed by atoms with Gasteiger partial charge in [-0.05, 0) is 60.5 Å². The smallest absolute Gasteiger partial charge is 0.269 e. The molecule has 27 heavy (non-hydrogen) atoms. The molecule has 0 spiro atoms. The molecule has 8 heteroatoms. The van der Waals surface area contributed by atoms with Crippen LogP contribution in [-0.4, -0.2) is 33.0 Å². The van der Waals surface area contributed by atoms with Crippen molar-refractivity contribution in [3.05, 3.63) is 51.4 Å². The van der Waals surface area contributed by atoms with E-state index in [0.29, 0.717) is 11.4 Å². The van der Waals surface area contributed by atoms with Crippen molar-refractivity contribution < 1.29 is 9.53 Å². The Morgan fingerprint density at radius 2 is 2.07 bits per heavy atom. The number of nitrogens with one attached hydrogen (secondary N) is 2. The largest absolute Gasteiger partial charge is 0.496 e. The van der Waals surface area contributed by atoms with Crippen molar-refractivity contribution in [1.29, 1.82) is 0 Å². The number of nitrogens with zero attached hydrogens (tertiary/aromatic N) is 3. The molecule has 0 saturated carbocycles. The zero-order chi connectivity index (χ0) is 19.7. The first kappa shape index (κ1) is 19.2. The molecule has 2 aromatic heterocycles. The van der Waals surface area contributed by atoms with Crippen LogP contribution in [0, 0.1) is 13.8 Å². The maximum Gasteiger partial charge on any atom is 0.269 e. The van der Waals surface area contributed by atoms with Gasteiger partial charge in [-0.25, -0.2) is 0 Å². The lowest BCUT2D eigenvalue weighted by atomic mass is 10.1. The minimum Gasteiger partial charge on any atom is -0.496 e. The monoisotopic (exact) mass is 431 g/mol. The minimum absolute atomic E-state index is 0.173. The van der Waals surface area contributed by atoms with E-state index in [9.17, 15) is 4.79 Å². The maximum atomic E-state index is 12.6. The molecule has 1 atom stereocenters. The van der Waals surface area contributed by atoms with Crippen molar-refractivity contribution in [3.8, 4) is 17.0 Å². The molecule has 1 aromatic carbocycles. The number of amides is 1. The Morgan fingerprint density at radius 3 is 2.67 bits per heavy atom. The standard InChI is InChI=1S/C19H22BrN5O2/c1-10(13-6-7-17(27-5)14(20)8-13)21-19(26)16-9-15(22-23-16)18-11(2)24-25(4)12(18)3/h6-10H,1-5H3,(H,21,26)(H,22,23). The van der Waals surface area contributed by atoms with Gasteiger partial charge >= 0.3 is 0 Å². The second kappa shape index (κ2) is 7.56. The van der Waals surface area contributed by atoms with Crippen LogP contribution in [-0.2, 0) is 7.05 Å². The number of carbonyl (C=O) groups excluding carboxylic acids is 1. The number of carbonyl (C=O) groups is 1. The average molecular weight is 432 g/mol. The van der Waals surface area contributed by atoms with Gasteiger partial charge in [0.2, 0.25) is 0 Å². The summed E-state index contributed by atoms with van der Waals surface area (Å²) in [6, 6.07) is 7.31. The number of hydrogen-bond donors (Lipinski definition) is 2. The molecule has 0 aliphatic carbocycles. The molecule has 3 rings (SSSR count). The van der Waals surface area contributed by atoms with Crippen LogP contribution in [0.15, 0.2) is 28.7 Å². The van der Waals surface area contributed by atoms with Crippen molar-refractivity contribution in [2.45, 2.75) is 26.8 Å². The SMILES string of the molecule is COc1ccc(C(C)NC(=O)c2cc(-c3c(C)nn(C)c3C)n[nH]2)cc1Br. The number of methoxy groups -OCH3 is 1. The lowest BCUT2D eigenvalue weighted by Gasteiger charge is -2.15. The first-order chi connectivity index (χ1) is 12.8. The number of ether oxygens (including phenoxy) is 1. The van der Waals surface area contributed by atoms with Crippen LogP contribution in [0.4, 0.5) is 0 Å². The predicted octanol–water partition coefficient (Wildman–Crippen LogP) is 3.69. The van der Waals surface area contributed by atoms with E-state index in [1.165, 1.54) is 0 Å². The fourth-order valence-electron chi connectivity index (χ4n) is 3.02. The van der Waals surface area contributed by atoms with Gasteiger partial charge in [-0.3, -0.25) is 14.6 Å². The molecule has 1 unspecified atom stereocenters. The molecule has 0 aliphatic heterocycles. The third kappa shape index (κ3) is 3.75. The quantitative estimate of drug-likeness (QED) is 0.644. The van der Waals surface area contributed by atoms with E-state index < -0.39 is 0 Å². The summed E-state index contributed by atoms with van der Waals surface area (Å²) in [6.45, 7) is 5.84. The fourth-order valence-corrected chi connectivity index (χ4v) is 3.58. The van der Waals surface area contributed by atoms with Crippen molar-refractivity contribution in [3.63, 3.8) is 0 Å². The van der Waals surface area contributed by atoms with Gasteiger partial charge in [-0.2, -0.15) is 10.2 Å². The molecule has 1 amide bonds. The van der Waals surface area contributed by atoms with E-state index in [2.05, 4.69) is 36.5 Å². The molecule has 0 bridgehead atoms. The number of aromatic amines is 1. The van der Waals surface area contributed by atoms with Gasteiger partial charge in [0.25, 0.3) is 5.91 Å². The van der Waals surface area contributed by atoms with Crippen LogP contribution in [0.1, 0.15) is 40.4 Å². The Kier molecular flexibility index (Phi) is 5.36. The third-order valence-electron chi connectivity index (χ3n) is 4.61. The average Bonchev–Trinajstić information content (AvgIpc) is 3.19. The molecule has 0 radical (unpaired) electrons. The zero-order valence-corrected chi connectivity index (χ0v) is 17.5. The topological polar surface area (TPSA) is 84.8 Å². The lowest BCUT2D eigenvalue weighted by Crippen LogP contribution is -2.26. The van der Waals surface area contributed by atoms with Crippen molar-refractivity contribution in [2.24, 2.45) is 7.05 Å². The van der Waals surface area contributed by atoms with Crippen LogP contribution in [0.3, 0.4) is 0 Å². The highest BCUT2D eigenvalue weighted by Gasteiger charge is 2.19. The molecule has 0 aliphatic rings. The summed E-state index contributed by atoms with van der Waals surface area (Å²) in [5.74, 6) is 0.532. The molecule has 0 fully saturated rings. The molecular formula is C19H22BrN5O2. The third-order valence-corrected chi connectivity index (χ3v) is 5.23. The number of H-pyrrole nitrogens is 1. The van der Waals surface area contributed by atoms with Gasteiger partial charge in [0.1, 0.15) is 11.4 Å². The Morgan fingerprint density at radius 1 is 1.33 bits per heavy atom. The van der Waals surface area contributed by atoms with Gasteiger partial charge in [0.05, 0.1) is 29.0 Å². The molecule has 2 N–H and O–H groups in total. The first-order valence-electron chi connectivity index (χ1n) is 8.52. The summed E-state index contributed by atoms with van der Waals surface area (Å²) >= 11 is 3.47. The van der Waals surface area contributed by atoms with E-state index in [0.717, 1.165) is 32.7 Å². The summed E-state index contributed by atoms with van der Waals surface area (Å²) in [6.07, 6.45) is 0. The van der Waals surface area contributed by atoms with E-state index in [4.69, 9.17) is 4.74 Å². The molecule has 7 nitrogen and oxygen atoms in total. The maximum absolute atomic E-state index is 12.6. The van der Waals surface area contributed by atoms with Gasteiger partial charge in [-0.1, -0.05) is 6.07 Å². The summed E-state index contributed by atoms with van der Waals surface area (Å²) in [5.41, 5.74) is 4.91. The van der Waals surface area contributed by atoms with Gasteiger partial charge in [0.15, 0.2) is 0 Å². The van der Waals surface area contributed by atoms with Crippen LogP contribution in [0.5, 0.6) is 5.75 Å². The Hall–Kier alpha value is -2.61. The van der Waals surface area contributed by atoms with Crippen LogP contribution < -0.4 is 10.1 Å². The Balaban J connectivity index is 1.77. The lowest BCUT2D eigenvalue weighted by molar-refractivity contribution is 0.0935. The van der Waals surface area contributed by atoms with E-state index in [1.807, 2.05) is 50.7 Å². The van der Waals surface area contributed by atoms with Crippen LogP contribution in [0.2, 0.25) is 0 Å². The van der Waals surface area contributed by atoms with E-state index in [1.54, 1.807) is 13.2 Å². The molecule has 142 valence electrons. The Bertz CT molecular complexity index is 992. The molecule has 3 aromatic rings. The summed E-state index contributed by atoms with van der Waals surface area (Å²) < 4.78 is 7.89. The Labute approximate surface area is 166 Å². The van der Waals surface area contributed by atoms with Gasteiger partial charge in [-0.15, -0.1) is 0 Å². The zero-order valence-electron chi connectivity index (χ0n) is 15.9. The van der Waals surface area contributed by atoms with Crippen LogP contribution in [0.25, 0.3) is 11.3 Å². The van der Waals surface area contributed by atoms with E-state index in [-0.39, 0.29) is 11.9 Å². The summed E-state index contributed by atoms with van der Waals surface area (Å²) in [5, 5.41) is 14.5. The highest BCUT2D eigenvalue weighted by Crippen LogP contribution is 2.28. The molecule has 0 saturated heterocycles. The molecule has 2 heterocycles. The second-order valence-corrected chi connectivity index (χ2v) is 7.28. The number of halogens is 1. The molecular weight excluding hydrogens is 410 g/mol. The number of rotatable bonds is 5. The van der Waals surface area contributed by atoms with E-state index >= 15 is 0 Å². The van der Waals surface area contributed by atoms with Gasteiger partial charge < -0.3 is 10.1 Å². The summed E-state index contributed by atoms with van der Waals surface area (Å²) in [4.78, 5) is 12.6. The van der Waals surface area contributed by atoms with Crippen molar-refractivity contribution >= 4 is 21.8 Å². The predicted molar refractivity (Wildman–Crippen MR) is 107 cm³/mol. The number of aromatic nitrogens is 4. The fraction of sp³-hybridized carbons (Fsp3) is 0.316. The van der Waals surface area contributed by atoms with Gasteiger partial charge in [0, 0.05) is 18.3 Å². The normalized spacial score (nSPS) is 12.1. The second-order valence-electron chi connectivity index (χ2n) is 6.43. The van der Waals surface area contributed by atoms with Crippen molar-refractivity contribution in [1.82, 2.24) is 25.3 Å². The minimum atomic E-state index is -0.215. The highest BCUT2D eigenvalue weighted by atomic mass is 79.9. The highest BCUT2D eigenvalue weighted by molar-refractivity contribution is 9.10. The van der Waals surface area contributed by atoms with Crippen molar-refractivity contribution in [2.75, 3.05) is 7.11 Å². The first-order valence-corrected chi connectivity index (χ1v) is 9.31.